The Kier molecular flexibility index (Phi) is 3.78. The van der Waals surface area contributed by atoms with Crippen molar-refractivity contribution in [3.05, 3.63) is 24.5 Å². The van der Waals surface area contributed by atoms with Gasteiger partial charge in [-0.1, -0.05) is 0 Å². The predicted octanol–water partition coefficient (Wildman–Crippen LogP) is 0.646. The highest BCUT2D eigenvalue weighted by molar-refractivity contribution is 5.93. The Balaban J connectivity index is 1.84. The molecule has 0 saturated carbocycles. The molecule has 3 rings (SSSR count). The van der Waals surface area contributed by atoms with Crippen molar-refractivity contribution in [3.63, 3.8) is 0 Å². The average molecular weight is 289 g/mol. The van der Waals surface area contributed by atoms with Gasteiger partial charge in [0.15, 0.2) is 0 Å². The molecule has 8 heteroatoms. The second kappa shape index (κ2) is 5.88. The predicted molar refractivity (Wildman–Crippen MR) is 73.3 cm³/mol. The Morgan fingerprint density at radius 1 is 1.48 bits per heavy atom. The molecule has 0 radical (unpaired) electrons. The molecule has 8 nitrogen and oxygen atoms in total. The summed E-state index contributed by atoms with van der Waals surface area (Å²) in [4.78, 5) is 12.1. The number of amides is 1. The third kappa shape index (κ3) is 3.00. The van der Waals surface area contributed by atoms with Crippen LogP contribution >= 0.6 is 0 Å². The van der Waals surface area contributed by atoms with Crippen LogP contribution in [0.5, 0.6) is 5.75 Å². The van der Waals surface area contributed by atoms with Crippen LogP contribution in [0, 0.1) is 5.92 Å². The van der Waals surface area contributed by atoms with Gasteiger partial charge >= 0.3 is 0 Å². The van der Waals surface area contributed by atoms with E-state index in [0.717, 1.165) is 6.42 Å². The Hall–Kier alpha value is -2.48. The van der Waals surface area contributed by atoms with Crippen molar-refractivity contribution in [3.8, 4) is 11.4 Å². The number of carbonyl (C=O) groups is 1. The Morgan fingerprint density at radius 3 is 3.05 bits per heavy atom. The van der Waals surface area contributed by atoms with Gasteiger partial charge in [-0.25, -0.2) is 4.68 Å². The number of benzene rings is 1. The Morgan fingerprint density at radius 2 is 2.38 bits per heavy atom. The van der Waals surface area contributed by atoms with E-state index in [1.807, 2.05) is 0 Å². The lowest BCUT2D eigenvalue weighted by Crippen LogP contribution is -2.22. The first-order chi connectivity index (χ1) is 10.3. The van der Waals surface area contributed by atoms with Gasteiger partial charge in [0, 0.05) is 24.4 Å². The molecule has 1 aromatic carbocycles. The van der Waals surface area contributed by atoms with E-state index in [1.54, 1.807) is 25.3 Å². The summed E-state index contributed by atoms with van der Waals surface area (Å²) >= 11 is 0. The number of carbonyl (C=O) groups excluding carboxylic acids is 1. The molecule has 2 heterocycles. The van der Waals surface area contributed by atoms with Crippen molar-refractivity contribution in [2.75, 3.05) is 25.6 Å². The maximum atomic E-state index is 12.1. The zero-order valence-electron chi connectivity index (χ0n) is 11.5. The van der Waals surface area contributed by atoms with Gasteiger partial charge in [-0.3, -0.25) is 4.79 Å². The van der Waals surface area contributed by atoms with Crippen LogP contribution in [0.2, 0.25) is 0 Å². The van der Waals surface area contributed by atoms with Crippen molar-refractivity contribution < 1.29 is 14.3 Å². The number of tetrazole rings is 1. The van der Waals surface area contributed by atoms with Crippen LogP contribution in [0.3, 0.4) is 0 Å². The van der Waals surface area contributed by atoms with E-state index in [4.69, 9.17) is 9.47 Å². The lowest BCUT2D eigenvalue weighted by atomic mass is 10.1. The fourth-order valence-corrected chi connectivity index (χ4v) is 2.17. The third-order valence-electron chi connectivity index (χ3n) is 3.31. The fourth-order valence-electron chi connectivity index (χ4n) is 2.17. The minimum atomic E-state index is -0.104. The summed E-state index contributed by atoms with van der Waals surface area (Å²) in [5, 5.41) is 13.9. The van der Waals surface area contributed by atoms with Gasteiger partial charge in [0.05, 0.1) is 25.3 Å². The topological polar surface area (TPSA) is 91.2 Å². The molecule has 2 aromatic rings. The molecular formula is C13H15N5O3. The average Bonchev–Trinajstić information content (AvgIpc) is 3.19. The highest BCUT2D eigenvalue weighted by atomic mass is 16.5. The van der Waals surface area contributed by atoms with Crippen LogP contribution in [0.15, 0.2) is 24.5 Å². The number of hydrogen-bond donors (Lipinski definition) is 1. The Labute approximate surface area is 121 Å². The van der Waals surface area contributed by atoms with E-state index < -0.39 is 0 Å². The number of nitrogens with zero attached hydrogens (tertiary/aromatic N) is 4. The molecule has 1 atom stereocenters. The molecule has 1 saturated heterocycles. The maximum Gasteiger partial charge on any atom is 0.229 e. The van der Waals surface area contributed by atoms with Gasteiger partial charge in [0.1, 0.15) is 12.1 Å². The molecule has 21 heavy (non-hydrogen) atoms. The molecule has 0 bridgehead atoms. The number of methoxy groups -OCH3 is 1. The summed E-state index contributed by atoms with van der Waals surface area (Å²) in [6.07, 6.45) is 2.22. The van der Waals surface area contributed by atoms with E-state index in [-0.39, 0.29) is 11.8 Å². The van der Waals surface area contributed by atoms with E-state index >= 15 is 0 Å². The van der Waals surface area contributed by atoms with Crippen LogP contribution in [-0.4, -0.2) is 46.4 Å². The van der Waals surface area contributed by atoms with Gasteiger partial charge in [-0.15, -0.1) is 5.10 Å². The van der Waals surface area contributed by atoms with Crippen LogP contribution in [0.4, 0.5) is 5.69 Å². The minimum Gasteiger partial charge on any atom is -0.497 e. The number of nitrogens with one attached hydrogen (secondary N) is 1. The molecule has 1 aromatic heterocycles. The number of anilines is 1. The van der Waals surface area contributed by atoms with Gasteiger partial charge < -0.3 is 14.8 Å². The summed E-state index contributed by atoms with van der Waals surface area (Å²) < 4.78 is 12.0. The van der Waals surface area contributed by atoms with Crippen LogP contribution in [0.25, 0.3) is 5.69 Å². The fraction of sp³-hybridized carbons (Fsp3) is 0.385. The van der Waals surface area contributed by atoms with Gasteiger partial charge in [0.2, 0.25) is 5.91 Å². The second-order valence-corrected chi connectivity index (χ2v) is 4.72. The zero-order valence-corrected chi connectivity index (χ0v) is 11.5. The van der Waals surface area contributed by atoms with Gasteiger partial charge in [-0.05, 0) is 22.9 Å². The number of hydrogen-bond acceptors (Lipinski definition) is 6. The summed E-state index contributed by atoms with van der Waals surface area (Å²) in [6, 6.07) is 5.32. The number of aromatic nitrogens is 4. The minimum absolute atomic E-state index is 0.0524. The highest BCUT2D eigenvalue weighted by Gasteiger charge is 2.23. The monoisotopic (exact) mass is 289 g/mol. The normalized spacial score (nSPS) is 17.7. The van der Waals surface area contributed by atoms with Crippen LogP contribution in [-0.2, 0) is 9.53 Å². The quantitative estimate of drug-likeness (QED) is 0.888. The van der Waals surface area contributed by atoms with Gasteiger partial charge in [-0.2, -0.15) is 0 Å². The third-order valence-corrected chi connectivity index (χ3v) is 3.31. The van der Waals surface area contributed by atoms with E-state index in [2.05, 4.69) is 20.8 Å². The molecule has 1 aliphatic heterocycles. The zero-order chi connectivity index (χ0) is 14.7. The molecule has 1 fully saturated rings. The highest BCUT2D eigenvalue weighted by Crippen LogP contribution is 2.24. The summed E-state index contributed by atoms with van der Waals surface area (Å²) in [6.45, 7) is 1.10. The summed E-state index contributed by atoms with van der Waals surface area (Å²) in [5.74, 6) is 0.456. The van der Waals surface area contributed by atoms with Crippen molar-refractivity contribution in [2.45, 2.75) is 6.42 Å². The molecular weight excluding hydrogens is 274 g/mol. The van der Waals surface area contributed by atoms with Gasteiger partial charge in [0.25, 0.3) is 0 Å². The van der Waals surface area contributed by atoms with Crippen LogP contribution in [0.1, 0.15) is 6.42 Å². The standard InChI is InChI=1S/C13H15N5O3/c1-20-12-5-10(15-13(19)9-2-3-21-7-9)4-11(6-12)18-8-14-16-17-18/h4-6,8-9H,2-3,7H2,1H3,(H,15,19). The Bertz CT molecular complexity index is 623. The molecule has 1 unspecified atom stereocenters. The molecule has 1 N–H and O–H groups in total. The molecule has 1 amide bonds. The first-order valence-corrected chi connectivity index (χ1v) is 6.57. The SMILES string of the molecule is COc1cc(NC(=O)C2CCOC2)cc(-n2cnnn2)c1. The van der Waals surface area contributed by atoms with E-state index in [0.29, 0.717) is 30.3 Å². The van der Waals surface area contributed by atoms with E-state index in [1.165, 1.54) is 11.0 Å². The van der Waals surface area contributed by atoms with Crippen molar-refractivity contribution in [1.82, 2.24) is 20.2 Å². The van der Waals surface area contributed by atoms with Crippen molar-refractivity contribution in [1.29, 1.82) is 0 Å². The summed E-state index contributed by atoms with van der Waals surface area (Å²) in [5.41, 5.74) is 1.34. The first-order valence-electron chi connectivity index (χ1n) is 6.57. The van der Waals surface area contributed by atoms with Crippen molar-refractivity contribution in [2.24, 2.45) is 5.92 Å². The molecule has 1 aliphatic rings. The maximum absolute atomic E-state index is 12.1. The second-order valence-electron chi connectivity index (χ2n) is 4.72. The lowest BCUT2D eigenvalue weighted by Gasteiger charge is -2.12. The van der Waals surface area contributed by atoms with E-state index in [9.17, 15) is 4.79 Å². The van der Waals surface area contributed by atoms with Crippen LogP contribution < -0.4 is 10.1 Å². The molecule has 0 aliphatic carbocycles. The summed E-state index contributed by atoms with van der Waals surface area (Å²) in [7, 11) is 1.56. The number of ether oxygens (including phenoxy) is 2. The first kappa shape index (κ1) is 13.5. The molecule has 110 valence electrons. The molecule has 0 spiro atoms. The number of rotatable bonds is 4. The largest absolute Gasteiger partial charge is 0.497 e. The lowest BCUT2D eigenvalue weighted by molar-refractivity contribution is -0.119. The van der Waals surface area contributed by atoms with Crippen molar-refractivity contribution >= 4 is 11.6 Å². The smallest absolute Gasteiger partial charge is 0.229 e.